The molecule has 2 aromatic rings. The second kappa shape index (κ2) is 7.28. The van der Waals surface area contributed by atoms with Crippen molar-refractivity contribution in [1.29, 1.82) is 0 Å². The van der Waals surface area contributed by atoms with E-state index in [4.69, 9.17) is 16.7 Å². The quantitative estimate of drug-likeness (QED) is 0.927. The number of nitrogens with zero attached hydrogens (tertiary/aromatic N) is 1. The van der Waals surface area contributed by atoms with Crippen LogP contribution in [0.4, 0.5) is 5.69 Å². The van der Waals surface area contributed by atoms with Gasteiger partial charge in [-0.1, -0.05) is 48.0 Å². The summed E-state index contributed by atoms with van der Waals surface area (Å²) < 4.78 is 22.4. The molecule has 20 heavy (non-hydrogen) atoms. The summed E-state index contributed by atoms with van der Waals surface area (Å²) in [4.78, 5) is 1.72. The standard InChI is InChI=1S/C8H11ClN2O2S.C6H6/c1-11(2)7-5-6(9)3-4-8(7)14(10,12)13;1-2-4-6-5-3-1/h3-5H,1-2H3,(H2,10,12,13);1-6H. The zero-order chi connectivity index (χ0) is 15.2. The number of anilines is 1. The monoisotopic (exact) mass is 312 g/mol. The zero-order valence-electron chi connectivity index (χ0n) is 11.3. The highest BCUT2D eigenvalue weighted by atomic mass is 35.5. The van der Waals surface area contributed by atoms with Gasteiger partial charge < -0.3 is 4.90 Å². The molecule has 4 nitrogen and oxygen atoms in total. The molecule has 2 rings (SSSR count). The Labute approximate surface area is 124 Å². The van der Waals surface area contributed by atoms with E-state index in [0.717, 1.165) is 0 Å². The highest BCUT2D eigenvalue weighted by molar-refractivity contribution is 7.89. The van der Waals surface area contributed by atoms with Gasteiger partial charge in [-0.05, 0) is 18.2 Å². The topological polar surface area (TPSA) is 63.4 Å². The third-order valence-electron chi connectivity index (χ3n) is 2.38. The van der Waals surface area contributed by atoms with Gasteiger partial charge >= 0.3 is 0 Å². The second-order valence-electron chi connectivity index (χ2n) is 4.21. The molecule has 0 fully saturated rings. The Balaban J connectivity index is 0.000000276. The van der Waals surface area contributed by atoms with Crippen LogP contribution in [-0.2, 0) is 10.0 Å². The molecule has 0 bridgehead atoms. The molecule has 0 spiro atoms. The molecular weight excluding hydrogens is 296 g/mol. The molecule has 0 saturated heterocycles. The number of nitrogens with two attached hydrogens (primary N) is 1. The number of hydrogen-bond donors (Lipinski definition) is 1. The summed E-state index contributed by atoms with van der Waals surface area (Å²) in [5.74, 6) is 0. The van der Waals surface area contributed by atoms with E-state index >= 15 is 0 Å². The first-order valence-corrected chi connectivity index (χ1v) is 7.74. The lowest BCUT2D eigenvalue weighted by molar-refractivity contribution is 0.597. The van der Waals surface area contributed by atoms with E-state index < -0.39 is 10.0 Å². The van der Waals surface area contributed by atoms with E-state index in [1.165, 1.54) is 12.1 Å². The first-order chi connectivity index (χ1) is 9.32. The van der Waals surface area contributed by atoms with Gasteiger partial charge in [-0.15, -0.1) is 0 Å². The fraction of sp³-hybridized carbons (Fsp3) is 0.143. The minimum absolute atomic E-state index is 0.0758. The number of sulfonamides is 1. The summed E-state index contributed by atoms with van der Waals surface area (Å²) in [6.07, 6.45) is 0. The molecule has 0 amide bonds. The molecular formula is C14H17ClN2O2S. The third kappa shape index (κ3) is 5.21. The molecule has 0 unspecified atom stereocenters. The maximum absolute atomic E-state index is 11.2. The van der Waals surface area contributed by atoms with Crippen LogP contribution in [0.15, 0.2) is 59.5 Å². The van der Waals surface area contributed by atoms with Gasteiger partial charge in [0.2, 0.25) is 10.0 Å². The van der Waals surface area contributed by atoms with Gasteiger partial charge in [0.25, 0.3) is 0 Å². The van der Waals surface area contributed by atoms with Gasteiger partial charge in [0.1, 0.15) is 4.90 Å². The van der Waals surface area contributed by atoms with Gasteiger partial charge in [-0.2, -0.15) is 0 Å². The highest BCUT2D eigenvalue weighted by Gasteiger charge is 2.15. The number of halogens is 1. The Morgan fingerprint density at radius 3 is 1.80 bits per heavy atom. The summed E-state index contributed by atoms with van der Waals surface area (Å²) in [5.41, 5.74) is 0.486. The van der Waals surface area contributed by atoms with Crippen molar-refractivity contribution in [2.75, 3.05) is 19.0 Å². The Morgan fingerprint density at radius 1 is 1.00 bits per heavy atom. The van der Waals surface area contributed by atoms with Crippen molar-refractivity contribution < 1.29 is 8.42 Å². The van der Waals surface area contributed by atoms with Gasteiger partial charge in [0.05, 0.1) is 5.69 Å². The molecule has 0 aliphatic heterocycles. The molecule has 0 aliphatic rings. The summed E-state index contributed by atoms with van der Waals surface area (Å²) >= 11 is 5.75. The van der Waals surface area contributed by atoms with Crippen molar-refractivity contribution in [3.8, 4) is 0 Å². The van der Waals surface area contributed by atoms with E-state index in [-0.39, 0.29) is 4.90 Å². The Morgan fingerprint density at radius 2 is 1.45 bits per heavy atom. The van der Waals surface area contributed by atoms with E-state index in [2.05, 4.69) is 0 Å². The van der Waals surface area contributed by atoms with Crippen molar-refractivity contribution in [3.63, 3.8) is 0 Å². The van der Waals surface area contributed by atoms with Crippen LogP contribution in [0.5, 0.6) is 0 Å². The van der Waals surface area contributed by atoms with Crippen molar-refractivity contribution in [2.45, 2.75) is 4.90 Å². The van der Waals surface area contributed by atoms with Gasteiger partial charge in [0.15, 0.2) is 0 Å². The molecule has 0 aromatic heterocycles. The van der Waals surface area contributed by atoms with Crippen LogP contribution in [-0.4, -0.2) is 22.5 Å². The summed E-state index contributed by atoms with van der Waals surface area (Å²) in [7, 11) is -0.250. The smallest absolute Gasteiger partial charge is 0.240 e. The van der Waals surface area contributed by atoms with Crippen LogP contribution in [0.2, 0.25) is 5.02 Å². The molecule has 0 atom stereocenters. The third-order valence-corrected chi connectivity index (χ3v) is 3.57. The fourth-order valence-electron chi connectivity index (χ4n) is 1.47. The average Bonchev–Trinajstić information content (AvgIpc) is 2.40. The van der Waals surface area contributed by atoms with Crippen molar-refractivity contribution in [3.05, 3.63) is 59.6 Å². The number of rotatable bonds is 2. The minimum Gasteiger partial charge on any atom is -0.377 e. The van der Waals surface area contributed by atoms with Crippen molar-refractivity contribution >= 4 is 27.3 Å². The van der Waals surface area contributed by atoms with E-state index in [1.807, 2.05) is 36.4 Å². The molecule has 0 aliphatic carbocycles. The van der Waals surface area contributed by atoms with Crippen LogP contribution in [0.1, 0.15) is 0 Å². The highest BCUT2D eigenvalue weighted by Crippen LogP contribution is 2.26. The predicted molar refractivity (Wildman–Crippen MR) is 83.6 cm³/mol. The summed E-state index contributed by atoms with van der Waals surface area (Å²) in [6.45, 7) is 0. The van der Waals surface area contributed by atoms with Crippen LogP contribution >= 0.6 is 11.6 Å². The predicted octanol–water partition coefficient (Wildman–Crippen LogP) is 2.74. The first-order valence-electron chi connectivity index (χ1n) is 5.82. The molecule has 2 aromatic carbocycles. The number of primary sulfonamides is 1. The zero-order valence-corrected chi connectivity index (χ0v) is 12.9. The van der Waals surface area contributed by atoms with Crippen LogP contribution in [0, 0.1) is 0 Å². The lowest BCUT2D eigenvalue weighted by atomic mass is 10.3. The SMILES string of the molecule is CN(C)c1cc(Cl)ccc1S(N)(=O)=O.c1ccccc1. The Kier molecular flexibility index (Phi) is 6.01. The number of benzene rings is 2. The summed E-state index contributed by atoms with van der Waals surface area (Å²) in [5, 5.41) is 5.52. The minimum atomic E-state index is -3.70. The van der Waals surface area contributed by atoms with E-state index in [9.17, 15) is 8.42 Å². The largest absolute Gasteiger partial charge is 0.377 e. The van der Waals surface area contributed by atoms with Gasteiger partial charge in [-0.25, -0.2) is 13.6 Å². The lowest BCUT2D eigenvalue weighted by Crippen LogP contribution is -2.18. The Bertz CT molecular complexity index is 617. The first kappa shape index (κ1) is 16.5. The molecule has 2 N–H and O–H groups in total. The molecule has 0 heterocycles. The molecule has 0 saturated carbocycles. The molecule has 6 heteroatoms. The van der Waals surface area contributed by atoms with Crippen LogP contribution in [0.25, 0.3) is 0 Å². The lowest BCUT2D eigenvalue weighted by Gasteiger charge is -2.16. The van der Waals surface area contributed by atoms with Crippen molar-refractivity contribution in [2.24, 2.45) is 5.14 Å². The maximum atomic E-state index is 11.2. The van der Waals surface area contributed by atoms with Gasteiger partial charge in [0, 0.05) is 19.1 Å². The molecule has 0 radical (unpaired) electrons. The normalized spacial score (nSPS) is 10.4. The second-order valence-corrected chi connectivity index (χ2v) is 6.17. The van der Waals surface area contributed by atoms with Crippen LogP contribution < -0.4 is 10.0 Å². The van der Waals surface area contributed by atoms with E-state index in [0.29, 0.717) is 10.7 Å². The fourth-order valence-corrected chi connectivity index (χ4v) is 2.42. The van der Waals surface area contributed by atoms with E-state index in [1.54, 1.807) is 25.1 Å². The van der Waals surface area contributed by atoms with Crippen LogP contribution in [0.3, 0.4) is 0 Å². The van der Waals surface area contributed by atoms with Crippen molar-refractivity contribution in [1.82, 2.24) is 0 Å². The Hall–Kier alpha value is -1.56. The summed E-state index contributed by atoms with van der Waals surface area (Å²) in [6, 6.07) is 16.4. The average molecular weight is 313 g/mol. The van der Waals surface area contributed by atoms with Gasteiger partial charge in [-0.3, -0.25) is 0 Å². The molecule has 108 valence electrons. The number of hydrogen-bond acceptors (Lipinski definition) is 3. The maximum Gasteiger partial charge on any atom is 0.240 e.